The van der Waals surface area contributed by atoms with E-state index in [2.05, 4.69) is 32.9 Å². The van der Waals surface area contributed by atoms with Crippen LogP contribution >= 0.6 is 0 Å². The number of rotatable bonds is 8. The van der Waals surface area contributed by atoms with Crippen LogP contribution in [0.4, 0.5) is 0 Å². The van der Waals surface area contributed by atoms with E-state index in [1.165, 1.54) is 5.56 Å². The SMILES string of the molecule is CC(C)(C)c1ccc(CC(=O)CCCCCS(=O)(=O)C(C)(C)C)cc1. The van der Waals surface area contributed by atoms with Crippen LogP contribution in [0.15, 0.2) is 24.3 Å². The van der Waals surface area contributed by atoms with Gasteiger partial charge >= 0.3 is 0 Å². The highest BCUT2D eigenvalue weighted by Gasteiger charge is 2.27. The zero-order valence-electron chi connectivity index (χ0n) is 16.7. The van der Waals surface area contributed by atoms with Crippen LogP contribution in [0.25, 0.3) is 0 Å². The average Bonchev–Trinajstić information content (AvgIpc) is 2.45. The summed E-state index contributed by atoms with van der Waals surface area (Å²) in [5, 5.41) is 0. The number of benzene rings is 1. The third-order valence-corrected chi connectivity index (χ3v) is 7.22. The molecule has 0 aromatic heterocycles. The standard InChI is InChI=1S/C21H34O3S/c1-20(2,3)18-13-11-17(12-14-18)16-19(22)10-8-7-9-15-25(23,24)21(4,5)6/h11-14H,7-10,15-16H2,1-6H3. The second-order valence-electron chi connectivity index (χ2n) is 8.90. The molecule has 0 heterocycles. The van der Waals surface area contributed by atoms with E-state index < -0.39 is 14.6 Å². The molecule has 0 N–H and O–H groups in total. The lowest BCUT2D eigenvalue weighted by atomic mass is 9.86. The minimum absolute atomic E-state index is 0.121. The van der Waals surface area contributed by atoms with Crippen molar-refractivity contribution in [2.24, 2.45) is 0 Å². The van der Waals surface area contributed by atoms with E-state index in [-0.39, 0.29) is 17.0 Å². The zero-order valence-corrected chi connectivity index (χ0v) is 17.5. The summed E-state index contributed by atoms with van der Waals surface area (Å²) < 4.78 is 23.4. The quantitative estimate of drug-likeness (QED) is 0.617. The van der Waals surface area contributed by atoms with Crippen LogP contribution in [0.5, 0.6) is 0 Å². The number of Topliss-reactive ketones (excluding diaryl/α,β-unsaturated/α-hetero) is 1. The first kappa shape index (κ1) is 21.9. The Labute approximate surface area is 154 Å². The van der Waals surface area contributed by atoms with Gasteiger partial charge in [-0.1, -0.05) is 51.5 Å². The molecule has 1 aromatic rings. The van der Waals surface area contributed by atoms with Gasteiger partial charge in [0.15, 0.2) is 9.84 Å². The summed E-state index contributed by atoms with van der Waals surface area (Å²) in [6.07, 6.45) is 3.16. The van der Waals surface area contributed by atoms with Crippen molar-refractivity contribution in [1.29, 1.82) is 0 Å². The fraction of sp³-hybridized carbons (Fsp3) is 0.667. The Hall–Kier alpha value is -1.16. The molecule has 1 aromatic carbocycles. The van der Waals surface area contributed by atoms with Crippen LogP contribution in [-0.2, 0) is 26.5 Å². The molecule has 0 amide bonds. The van der Waals surface area contributed by atoms with E-state index in [0.29, 0.717) is 19.3 Å². The average molecular weight is 367 g/mol. The monoisotopic (exact) mass is 366 g/mol. The molecule has 0 fully saturated rings. The zero-order chi connectivity index (χ0) is 19.3. The second-order valence-corrected chi connectivity index (χ2v) is 11.8. The Kier molecular flexibility index (Phi) is 7.42. The first-order valence-electron chi connectivity index (χ1n) is 9.16. The summed E-state index contributed by atoms with van der Waals surface area (Å²) in [7, 11) is -3.05. The summed E-state index contributed by atoms with van der Waals surface area (Å²) in [4.78, 5) is 12.1. The van der Waals surface area contributed by atoms with Gasteiger partial charge in [-0.2, -0.15) is 0 Å². The van der Waals surface area contributed by atoms with Gasteiger partial charge < -0.3 is 0 Å². The minimum Gasteiger partial charge on any atom is -0.299 e. The van der Waals surface area contributed by atoms with Crippen molar-refractivity contribution in [3.05, 3.63) is 35.4 Å². The molecule has 142 valence electrons. The fourth-order valence-corrected chi connectivity index (χ4v) is 3.73. The largest absolute Gasteiger partial charge is 0.299 e. The highest BCUT2D eigenvalue weighted by atomic mass is 32.2. The Morgan fingerprint density at radius 3 is 1.92 bits per heavy atom. The van der Waals surface area contributed by atoms with Crippen LogP contribution in [0.2, 0.25) is 0 Å². The highest BCUT2D eigenvalue weighted by molar-refractivity contribution is 7.92. The molecule has 0 aliphatic heterocycles. The van der Waals surface area contributed by atoms with Crippen molar-refractivity contribution >= 4 is 15.6 Å². The van der Waals surface area contributed by atoms with Gasteiger partial charge in [0.2, 0.25) is 0 Å². The first-order valence-corrected chi connectivity index (χ1v) is 10.8. The van der Waals surface area contributed by atoms with E-state index in [0.717, 1.165) is 18.4 Å². The molecule has 0 aliphatic carbocycles. The molecule has 0 unspecified atom stereocenters. The Bertz CT molecular complexity index is 657. The van der Waals surface area contributed by atoms with Gasteiger partial charge in [0.25, 0.3) is 0 Å². The van der Waals surface area contributed by atoms with E-state index in [9.17, 15) is 13.2 Å². The Morgan fingerprint density at radius 2 is 1.44 bits per heavy atom. The molecule has 1 rings (SSSR count). The van der Waals surface area contributed by atoms with Crippen molar-refractivity contribution in [3.8, 4) is 0 Å². The number of hydrogen-bond acceptors (Lipinski definition) is 3. The lowest BCUT2D eigenvalue weighted by Gasteiger charge is -2.19. The van der Waals surface area contributed by atoms with Crippen LogP contribution in [-0.4, -0.2) is 24.7 Å². The molecule has 0 aliphatic rings. The van der Waals surface area contributed by atoms with Gasteiger partial charge in [-0.15, -0.1) is 0 Å². The van der Waals surface area contributed by atoms with Gasteiger partial charge in [0.1, 0.15) is 5.78 Å². The minimum atomic E-state index is -3.05. The lowest BCUT2D eigenvalue weighted by molar-refractivity contribution is -0.118. The Balaban J connectivity index is 2.34. The summed E-state index contributed by atoms with van der Waals surface area (Å²) in [6, 6.07) is 8.27. The molecular formula is C21H34O3S. The van der Waals surface area contributed by atoms with Crippen LogP contribution in [0, 0.1) is 0 Å². The normalized spacial score (nSPS) is 13.0. The van der Waals surface area contributed by atoms with Crippen LogP contribution in [0.3, 0.4) is 0 Å². The van der Waals surface area contributed by atoms with Crippen molar-refractivity contribution in [1.82, 2.24) is 0 Å². The maximum absolute atomic E-state index is 12.1. The summed E-state index contributed by atoms with van der Waals surface area (Å²) >= 11 is 0. The van der Waals surface area contributed by atoms with Gasteiger partial charge in [-0.3, -0.25) is 4.79 Å². The third kappa shape index (κ3) is 7.31. The van der Waals surface area contributed by atoms with Crippen LogP contribution < -0.4 is 0 Å². The van der Waals surface area contributed by atoms with Crippen molar-refractivity contribution in [2.45, 2.75) is 83.8 Å². The molecule has 0 bridgehead atoms. The van der Waals surface area contributed by atoms with Gasteiger partial charge in [0, 0.05) is 12.8 Å². The van der Waals surface area contributed by atoms with Crippen molar-refractivity contribution < 1.29 is 13.2 Å². The molecule has 25 heavy (non-hydrogen) atoms. The van der Waals surface area contributed by atoms with Gasteiger partial charge in [-0.25, -0.2) is 8.42 Å². The molecule has 0 radical (unpaired) electrons. The van der Waals surface area contributed by atoms with E-state index >= 15 is 0 Å². The number of hydrogen-bond donors (Lipinski definition) is 0. The lowest BCUT2D eigenvalue weighted by Crippen LogP contribution is -2.30. The second kappa shape index (κ2) is 8.48. The summed E-state index contributed by atoms with van der Waals surface area (Å²) in [5.74, 6) is 0.432. The molecule has 3 nitrogen and oxygen atoms in total. The van der Waals surface area contributed by atoms with E-state index in [4.69, 9.17) is 0 Å². The maximum atomic E-state index is 12.1. The van der Waals surface area contributed by atoms with Crippen LogP contribution in [0.1, 0.15) is 78.4 Å². The fourth-order valence-electron chi connectivity index (χ4n) is 2.54. The first-order chi connectivity index (χ1) is 11.3. The molecule has 0 saturated heterocycles. The predicted octanol–water partition coefficient (Wildman–Crippen LogP) is 4.87. The smallest absolute Gasteiger partial charge is 0.155 e. The number of unbranched alkanes of at least 4 members (excludes halogenated alkanes) is 2. The van der Waals surface area contributed by atoms with E-state index in [1.807, 2.05) is 12.1 Å². The Morgan fingerprint density at radius 1 is 0.880 bits per heavy atom. The predicted molar refractivity (Wildman–Crippen MR) is 106 cm³/mol. The molecule has 0 atom stereocenters. The number of sulfone groups is 1. The highest BCUT2D eigenvalue weighted by Crippen LogP contribution is 2.22. The van der Waals surface area contributed by atoms with Crippen molar-refractivity contribution in [3.63, 3.8) is 0 Å². The maximum Gasteiger partial charge on any atom is 0.155 e. The molecular weight excluding hydrogens is 332 g/mol. The van der Waals surface area contributed by atoms with Gasteiger partial charge in [0.05, 0.1) is 10.5 Å². The number of ketones is 1. The van der Waals surface area contributed by atoms with Gasteiger partial charge in [-0.05, 0) is 50.2 Å². The summed E-state index contributed by atoms with van der Waals surface area (Å²) in [5.41, 5.74) is 2.44. The number of carbonyl (C=O) groups excluding carboxylic acids is 1. The third-order valence-electron chi connectivity index (χ3n) is 4.52. The van der Waals surface area contributed by atoms with Crippen molar-refractivity contribution in [2.75, 3.05) is 5.75 Å². The summed E-state index contributed by atoms with van der Waals surface area (Å²) in [6.45, 7) is 11.7. The van der Waals surface area contributed by atoms with E-state index in [1.54, 1.807) is 20.8 Å². The topological polar surface area (TPSA) is 51.2 Å². The molecule has 0 spiro atoms. The molecule has 0 saturated carbocycles. The molecule has 4 heteroatoms. The number of carbonyl (C=O) groups is 1.